The molecule has 1 atom stereocenters. The molecule has 18 heavy (non-hydrogen) atoms. The summed E-state index contributed by atoms with van der Waals surface area (Å²) >= 11 is 0. The normalized spacial score (nSPS) is 12.7. The molecule has 0 aliphatic rings. The van der Waals surface area contributed by atoms with E-state index in [2.05, 4.69) is 5.32 Å². The van der Waals surface area contributed by atoms with Gasteiger partial charge in [-0.25, -0.2) is 0 Å². The molecule has 4 heteroatoms. The van der Waals surface area contributed by atoms with Crippen LogP contribution in [0.3, 0.4) is 0 Å². The van der Waals surface area contributed by atoms with E-state index in [4.69, 9.17) is 8.83 Å². The van der Waals surface area contributed by atoms with E-state index in [0.29, 0.717) is 0 Å². The SMILES string of the molecule is CC(Cc1ccoc1)NC(=O)C=Cc1ccoc1. The molecular weight excluding hydrogens is 230 g/mol. The number of carbonyl (C=O) groups is 1. The van der Waals surface area contributed by atoms with Gasteiger partial charge in [-0.05, 0) is 37.1 Å². The van der Waals surface area contributed by atoms with Crippen LogP contribution in [-0.2, 0) is 11.2 Å². The van der Waals surface area contributed by atoms with Gasteiger partial charge in [0.05, 0.1) is 25.1 Å². The Balaban J connectivity index is 1.80. The Hall–Kier alpha value is -2.23. The summed E-state index contributed by atoms with van der Waals surface area (Å²) in [7, 11) is 0. The summed E-state index contributed by atoms with van der Waals surface area (Å²) in [6.07, 6.45) is 10.4. The first kappa shape index (κ1) is 12.2. The van der Waals surface area contributed by atoms with Gasteiger partial charge in [-0.2, -0.15) is 0 Å². The number of carbonyl (C=O) groups excluding carboxylic acids is 1. The maximum atomic E-state index is 11.6. The first-order valence-electron chi connectivity index (χ1n) is 5.76. The van der Waals surface area contributed by atoms with E-state index in [1.165, 1.54) is 6.08 Å². The zero-order valence-corrected chi connectivity index (χ0v) is 10.1. The number of hydrogen-bond acceptors (Lipinski definition) is 3. The van der Waals surface area contributed by atoms with Crippen molar-refractivity contribution in [1.82, 2.24) is 5.32 Å². The van der Waals surface area contributed by atoms with Gasteiger partial charge in [0.15, 0.2) is 0 Å². The van der Waals surface area contributed by atoms with Crippen molar-refractivity contribution < 1.29 is 13.6 Å². The number of hydrogen-bond donors (Lipinski definition) is 1. The first-order valence-corrected chi connectivity index (χ1v) is 5.76. The molecule has 0 aliphatic heterocycles. The van der Waals surface area contributed by atoms with E-state index in [-0.39, 0.29) is 11.9 Å². The lowest BCUT2D eigenvalue weighted by molar-refractivity contribution is -0.117. The van der Waals surface area contributed by atoms with Crippen molar-refractivity contribution in [3.05, 3.63) is 54.4 Å². The molecule has 0 spiro atoms. The Bertz CT molecular complexity index is 497. The molecule has 0 aromatic carbocycles. The van der Waals surface area contributed by atoms with E-state index in [9.17, 15) is 4.79 Å². The summed E-state index contributed by atoms with van der Waals surface area (Å²) in [4.78, 5) is 11.6. The third-order valence-corrected chi connectivity index (χ3v) is 2.48. The van der Waals surface area contributed by atoms with Gasteiger partial charge >= 0.3 is 0 Å². The van der Waals surface area contributed by atoms with Crippen LogP contribution >= 0.6 is 0 Å². The van der Waals surface area contributed by atoms with E-state index in [0.717, 1.165) is 17.5 Å². The number of amides is 1. The van der Waals surface area contributed by atoms with Crippen LogP contribution in [0.15, 0.2) is 52.1 Å². The highest BCUT2D eigenvalue weighted by Gasteiger charge is 2.06. The van der Waals surface area contributed by atoms with Crippen molar-refractivity contribution in [1.29, 1.82) is 0 Å². The van der Waals surface area contributed by atoms with E-state index < -0.39 is 0 Å². The summed E-state index contributed by atoms with van der Waals surface area (Å²) in [6.45, 7) is 1.95. The molecule has 4 nitrogen and oxygen atoms in total. The van der Waals surface area contributed by atoms with Crippen molar-refractivity contribution in [2.45, 2.75) is 19.4 Å². The maximum Gasteiger partial charge on any atom is 0.244 e. The van der Waals surface area contributed by atoms with Gasteiger partial charge in [0.25, 0.3) is 0 Å². The molecule has 1 unspecified atom stereocenters. The highest BCUT2D eigenvalue weighted by Crippen LogP contribution is 2.04. The predicted octanol–water partition coefficient (Wildman–Crippen LogP) is 2.63. The zero-order chi connectivity index (χ0) is 12.8. The molecule has 2 heterocycles. The molecule has 2 aromatic heterocycles. The molecular formula is C14H15NO3. The second-order valence-electron chi connectivity index (χ2n) is 4.14. The van der Waals surface area contributed by atoms with Crippen LogP contribution in [0.5, 0.6) is 0 Å². The van der Waals surface area contributed by atoms with Crippen molar-refractivity contribution >= 4 is 12.0 Å². The van der Waals surface area contributed by atoms with Crippen LogP contribution in [0.2, 0.25) is 0 Å². The lowest BCUT2D eigenvalue weighted by Crippen LogP contribution is -2.32. The molecule has 0 fully saturated rings. The molecule has 0 bridgehead atoms. The molecule has 0 saturated heterocycles. The molecule has 0 saturated carbocycles. The maximum absolute atomic E-state index is 11.6. The minimum atomic E-state index is -0.118. The fraction of sp³-hybridized carbons (Fsp3) is 0.214. The second kappa shape index (κ2) is 5.91. The molecule has 1 N–H and O–H groups in total. The Kier molecular flexibility index (Phi) is 4.02. The molecule has 94 valence electrons. The minimum absolute atomic E-state index is 0.0594. The van der Waals surface area contributed by atoms with Gasteiger partial charge in [0.1, 0.15) is 0 Å². The van der Waals surface area contributed by atoms with Gasteiger partial charge in [-0.1, -0.05) is 0 Å². The zero-order valence-electron chi connectivity index (χ0n) is 10.1. The van der Waals surface area contributed by atoms with Crippen molar-refractivity contribution in [2.75, 3.05) is 0 Å². The third kappa shape index (κ3) is 3.66. The smallest absolute Gasteiger partial charge is 0.244 e. The van der Waals surface area contributed by atoms with Crippen LogP contribution < -0.4 is 5.32 Å². The monoisotopic (exact) mass is 245 g/mol. The third-order valence-electron chi connectivity index (χ3n) is 2.48. The molecule has 0 radical (unpaired) electrons. The van der Waals surface area contributed by atoms with Crippen LogP contribution in [0.1, 0.15) is 18.1 Å². The average molecular weight is 245 g/mol. The number of rotatable bonds is 5. The van der Waals surface area contributed by atoms with E-state index in [1.54, 1.807) is 37.2 Å². The van der Waals surface area contributed by atoms with Crippen LogP contribution in [0.25, 0.3) is 6.08 Å². The summed E-state index contributed by atoms with van der Waals surface area (Å²) in [5, 5.41) is 2.88. The average Bonchev–Trinajstić information content (AvgIpc) is 2.98. The highest BCUT2D eigenvalue weighted by molar-refractivity contribution is 5.91. The van der Waals surface area contributed by atoms with Crippen LogP contribution in [0.4, 0.5) is 0 Å². The first-order chi connectivity index (χ1) is 8.74. The molecule has 2 aromatic rings. The molecule has 0 aliphatic carbocycles. The van der Waals surface area contributed by atoms with Crippen LogP contribution in [-0.4, -0.2) is 11.9 Å². The van der Waals surface area contributed by atoms with E-state index >= 15 is 0 Å². The summed E-state index contributed by atoms with van der Waals surface area (Å²) in [6, 6.07) is 3.74. The summed E-state index contributed by atoms with van der Waals surface area (Å²) < 4.78 is 9.88. The Labute approximate surface area is 105 Å². The van der Waals surface area contributed by atoms with Crippen molar-refractivity contribution in [2.24, 2.45) is 0 Å². The van der Waals surface area contributed by atoms with Crippen molar-refractivity contribution in [3.63, 3.8) is 0 Å². The lowest BCUT2D eigenvalue weighted by Gasteiger charge is -2.10. The fourth-order valence-corrected chi connectivity index (χ4v) is 1.65. The van der Waals surface area contributed by atoms with Gasteiger partial charge < -0.3 is 14.2 Å². The summed E-state index contributed by atoms with van der Waals surface area (Å²) in [5.74, 6) is -0.118. The van der Waals surface area contributed by atoms with Gasteiger partial charge in [0.2, 0.25) is 5.91 Å². The Morgan fingerprint density at radius 2 is 2.11 bits per heavy atom. The molecule has 1 amide bonds. The van der Waals surface area contributed by atoms with Crippen molar-refractivity contribution in [3.8, 4) is 0 Å². The number of furan rings is 2. The molecule has 2 rings (SSSR count). The largest absolute Gasteiger partial charge is 0.472 e. The second-order valence-corrected chi connectivity index (χ2v) is 4.14. The predicted molar refractivity (Wildman–Crippen MR) is 67.8 cm³/mol. The lowest BCUT2D eigenvalue weighted by atomic mass is 10.1. The Morgan fingerprint density at radius 3 is 2.78 bits per heavy atom. The van der Waals surface area contributed by atoms with Gasteiger partial charge in [-0.3, -0.25) is 4.79 Å². The van der Waals surface area contributed by atoms with Gasteiger partial charge in [0, 0.05) is 17.7 Å². The van der Waals surface area contributed by atoms with Crippen LogP contribution in [0, 0.1) is 0 Å². The minimum Gasteiger partial charge on any atom is -0.472 e. The standard InChI is InChI=1S/C14H15NO3/c1-11(8-13-5-7-18-10-13)15-14(16)3-2-12-4-6-17-9-12/h2-7,9-11H,8H2,1H3,(H,15,16). The fourth-order valence-electron chi connectivity index (χ4n) is 1.65. The number of nitrogens with one attached hydrogen (secondary N) is 1. The topological polar surface area (TPSA) is 55.4 Å². The van der Waals surface area contributed by atoms with Gasteiger partial charge in [-0.15, -0.1) is 0 Å². The summed E-state index contributed by atoms with van der Waals surface area (Å²) in [5.41, 5.74) is 1.94. The quantitative estimate of drug-likeness (QED) is 0.824. The van der Waals surface area contributed by atoms with E-state index in [1.807, 2.05) is 13.0 Å². The highest BCUT2D eigenvalue weighted by atomic mass is 16.3. The Morgan fingerprint density at radius 1 is 1.33 bits per heavy atom.